The molecule has 5 aromatic rings. The Bertz CT molecular complexity index is 1490. The Hall–Kier alpha value is -2.46. The van der Waals surface area contributed by atoms with Crippen LogP contribution in [-0.4, -0.2) is 0 Å². The van der Waals surface area contributed by atoms with Crippen LogP contribution in [-0.2, 0) is 10.8 Å². The lowest BCUT2D eigenvalue weighted by Crippen LogP contribution is -2.10. The largest absolute Gasteiger partial charge is 0.134 e. The minimum absolute atomic E-state index is 0.105. The van der Waals surface area contributed by atoms with Crippen molar-refractivity contribution in [3.05, 3.63) is 117 Å². The second-order valence-electron chi connectivity index (χ2n) is 12.2. The smallest absolute Gasteiger partial charge is 0.0434 e. The van der Waals surface area contributed by atoms with Crippen molar-refractivity contribution in [2.45, 2.75) is 52.4 Å². The molecule has 0 N–H and O–H groups in total. The average molecular weight is 659 g/mol. The highest BCUT2D eigenvalue weighted by Crippen LogP contribution is 2.52. The van der Waals surface area contributed by atoms with Crippen LogP contribution in [0.3, 0.4) is 0 Å². The van der Waals surface area contributed by atoms with Gasteiger partial charge in [-0.3, -0.25) is 0 Å². The third-order valence-corrected chi connectivity index (χ3v) is 9.44. The standard InChI is InChI=1S/C36H34Br2S/c1-35(2,3)27-17-13-23(14-18-27)31-32(24-15-19-28(20-16-24)36(4,5)6)34(26-10-8-12-30(38)22-26)39-33(31)25-9-7-11-29(37)21-25/h7-22H,1-6H3. The summed E-state index contributed by atoms with van der Waals surface area (Å²) in [5, 5.41) is 0. The van der Waals surface area contributed by atoms with Gasteiger partial charge >= 0.3 is 0 Å². The molecule has 5 rings (SSSR count). The van der Waals surface area contributed by atoms with Gasteiger partial charge in [0.1, 0.15) is 0 Å². The summed E-state index contributed by atoms with van der Waals surface area (Å²) in [5.41, 5.74) is 10.4. The van der Waals surface area contributed by atoms with Gasteiger partial charge in [-0.25, -0.2) is 0 Å². The van der Waals surface area contributed by atoms with Crippen molar-refractivity contribution in [3.63, 3.8) is 0 Å². The minimum Gasteiger partial charge on any atom is -0.134 e. The summed E-state index contributed by atoms with van der Waals surface area (Å²) in [7, 11) is 0. The molecule has 0 radical (unpaired) electrons. The van der Waals surface area contributed by atoms with Crippen molar-refractivity contribution in [1.82, 2.24) is 0 Å². The van der Waals surface area contributed by atoms with E-state index in [9.17, 15) is 0 Å². The molecule has 0 nitrogen and oxygen atoms in total. The van der Waals surface area contributed by atoms with Gasteiger partial charge in [0.15, 0.2) is 0 Å². The zero-order chi connectivity index (χ0) is 27.9. The molecule has 0 unspecified atom stereocenters. The molecule has 0 spiro atoms. The molecule has 39 heavy (non-hydrogen) atoms. The van der Waals surface area contributed by atoms with E-state index in [1.165, 1.54) is 54.3 Å². The van der Waals surface area contributed by atoms with Crippen molar-refractivity contribution < 1.29 is 0 Å². The molecule has 0 aliphatic heterocycles. The van der Waals surface area contributed by atoms with E-state index in [0.717, 1.165) is 8.95 Å². The summed E-state index contributed by atoms with van der Waals surface area (Å²) in [6.07, 6.45) is 0. The SMILES string of the molecule is CC(C)(C)c1ccc(-c2c(-c3cccc(Br)c3)sc(-c3cccc(Br)c3)c2-c2ccc(C(C)(C)C)cc2)cc1. The summed E-state index contributed by atoms with van der Waals surface area (Å²) < 4.78 is 2.17. The Labute approximate surface area is 254 Å². The van der Waals surface area contributed by atoms with E-state index in [1.807, 2.05) is 11.3 Å². The maximum atomic E-state index is 3.72. The van der Waals surface area contributed by atoms with Crippen LogP contribution < -0.4 is 0 Å². The van der Waals surface area contributed by atoms with Crippen molar-refractivity contribution >= 4 is 43.2 Å². The average Bonchev–Trinajstić information content (AvgIpc) is 3.29. The highest BCUT2D eigenvalue weighted by Gasteiger charge is 2.25. The molecular formula is C36H34Br2S. The first-order valence-corrected chi connectivity index (χ1v) is 15.7. The molecule has 1 aromatic heterocycles. The second-order valence-corrected chi connectivity index (χ2v) is 15.0. The number of hydrogen-bond donors (Lipinski definition) is 0. The molecule has 1 heterocycles. The van der Waals surface area contributed by atoms with Gasteiger partial charge in [0, 0.05) is 29.8 Å². The number of rotatable bonds is 4. The van der Waals surface area contributed by atoms with E-state index >= 15 is 0 Å². The molecule has 0 saturated heterocycles. The van der Waals surface area contributed by atoms with Crippen LogP contribution in [0.2, 0.25) is 0 Å². The van der Waals surface area contributed by atoms with Crippen molar-refractivity contribution in [2.75, 3.05) is 0 Å². The number of benzene rings is 4. The van der Waals surface area contributed by atoms with Gasteiger partial charge in [-0.05, 0) is 68.5 Å². The Balaban J connectivity index is 1.84. The third kappa shape index (κ3) is 6.01. The highest BCUT2D eigenvalue weighted by molar-refractivity contribution is 9.10. The van der Waals surface area contributed by atoms with Crippen LogP contribution in [0.25, 0.3) is 43.1 Å². The first-order chi connectivity index (χ1) is 18.4. The molecule has 0 bridgehead atoms. The van der Waals surface area contributed by atoms with E-state index in [0.29, 0.717) is 0 Å². The molecule has 0 aliphatic carbocycles. The van der Waals surface area contributed by atoms with Gasteiger partial charge in [-0.15, -0.1) is 11.3 Å². The van der Waals surface area contributed by atoms with Crippen molar-refractivity contribution in [2.24, 2.45) is 0 Å². The second kappa shape index (κ2) is 10.8. The Kier molecular flexibility index (Phi) is 7.81. The summed E-state index contributed by atoms with van der Waals surface area (Å²) in [4.78, 5) is 2.56. The Morgan fingerprint density at radius 1 is 0.462 bits per heavy atom. The molecular weight excluding hydrogens is 624 g/mol. The zero-order valence-electron chi connectivity index (χ0n) is 23.4. The Morgan fingerprint density at radius 3 is 1.13 bits per heavy atom. The number of halogens is 2. The first kappa shape index (κ1) is 28.1. The predicted octanol–water partition coefficient (Wildman–Crippen LogP) is 12.5. The normalized spacial score (nSPS) is 12.1. The van der Waals surface area contributed by atoms with E-state index in [4.69, 9.17) is 0 Å². The van der Waals surface area contributed by atoms with Crippen molar-refractivity contribution in [1.29, 1.82) is 0 Å². The summed E-state index contributed by atoms with van der Waals surface area (Å²) >= 11 is 9.32. The summed E-state index contributed by atoms with van der Waals surface area (Å²) in [5.74, 6) is 0. The number of hydrogen-bond acceptors (Lipinski definition) is 1. The van der Waals surface area contributed by atoms with Gasteiger partial charge in [-0.2, -0.15) is 0 Å². The fourth-order valence-corrected chi connectivity index (χ4v) is 7.06. The molecule has 0 amide bonds. The van der Waals surface area contributed by atoms with E-state index in [1.54, 1.807) is 0 Å². The lowest BCUT2D eigenvalue weighted by molar-refractivity contribution is 0.590. The van der Waals surface area contributed by atoms with E-state index in [-0.39, 0.29) is 10.8 Å². The van der Waals surface area contributed by atoms with Crippen LogP contribution in [0.4, 0.5) is 0 Å². The van der Waals surface area contributed by atoms with E-state index in [2.05, 4.69) is 170 Å². The van der Waals surface area contributed by atoms with Gasteiger partial charge in [0.25, 0.3) is 0 Å². The fourth-order valence-electron chi connectivity index (χ4n) is 4.92. The van der Waals surface area contributed by atoms with Crippen molar-refractivity contribution in [3.8, 4) is 43.1 Å². The molecule has 0 fully saturated rings. The maximum absolute atomic E-state index is 3.72. The van der Waals surface area contributed by atoms with Crippen LogP contribution >= 0.6 is 43.2 Å². The summed E-state index contributed by atoms with van der Waals surface area (Å²) in [6.45, 7) is 13.6. The predicted molar refractivity (Wildman–Crippen MR) is 179 cm³/mol. The van der Waals surface area contributed by atoms with Gasteiger partial charge < -0.3 is 0 Å². The first-order valence-electron chi connectivity index (χ1n) is 13.3. The van der Waals surface area contributed by atoms with Crippen LogP contribution in [0, 0.1) is 0 Å². The molecule has 4 aromatic carbocycles. The molecule has 198 valence electrons. The van der Waals surface area contributed by atoms with Gasteiger partial charge in [0.2, 0.25) is 0 Å². The van der Waals surface area contributed by atoms with Crippen LogP contribution in [0.15, 0.2) is 106 Å². The number of thiophene rings is 1. The molecule has 0 aliphatic rings. The highest BCUT2D eigenvalue weighted by atomic mass is 79.9. The quantitative estimate of drug-likeness (QED) is 0.180. The minimum atomic E-state index is 0.105. The zero-order valence-corrected chi connectivity index (χ0v) is 27.4. The third-order valence-electron chi connectivity index (χ3n) is 7.16. The fraction of sp³-hybridized carbons (Fsp3) is 0.222. The lowest BCUT2D eigenvalue weighted by atomic mass is 9.84. The lowest BCUT2D eigenvalue weighted by Gasteiger charge is -2.20. The van der Waals surface area contributed by atoms with E-state index < -0.39 is 0 Å². The van der Waals surface area contributed by atoms with Gasteiger partial charge in [0.05, 0.1) is 0 Å². The van der Waals surface area contributed by atoms with Gasteiger partial charge in [-0.1, -0.05) is 146 Å². The van der Waals surface area contributed by atoms with Crippen LogP contribution in [0.5, 0.6) is 0 Å². The Morgan fingerprint density at radius 2 is 0.821 bits per heavy atom. The maximum Gasteiger partial charge on any atom is 0.0434 e. The van der Waals surface area contributed by atoms with Crippen LogP contribution in [0.1, 0.15) is 52.7 Å². The molecule has 3 heteroatoms. The summed E-state index contributed by atoms with van der Waals surface area (Å²) in [6, 6.07) is 35.8. The monoisotopic (exact) mass is 656 g/mol. The topological polar surface area (TPSA) is 0 Å². The molecule has 0 saturated carbocycles. The molecule has 0 atom stereocenters.